The minimum atomic E-state index is -1.83. The van der Waals surface area contributed by atoms with Gasteiger partial charge >= 0.3 is 5.97 Å². The first-order valence-electron chi connectivity index (χ1n) is 14.3. The average molecular weight is 604 g/mol. The van der Waals surface area contributed by atoms with E-state index in [1.165, 1.54) is 34.1 Å². The Bertz CT molecular complexity index is 1200. The Labute approximate surface area is 250 Å². The standard InChI is InChI=1S/C30H41N3O10/c1-4-5-9-23(35)33(17-32(3)28(39)19-8-6-7-18(2)16-19)15-14-22(34)31-20-10-12-21(13-11-20)42-30-26(38)24(36)25(37)27(43-30)29(40)41/h6-8,10-13,18,24-27,30,36-38H,4-5,9,14-17H2,1-3H3,(H,31,34)(H,40,41). The molecule has 1 saturated heterocycles. The van der Waals surface area contributed by atoms with Crippen molar-refractivity contribution in [3.05, 3.63) is 48.1 Å². The van der Waals surface area contributed by atoms with Crippen molar-refractivity contribution in [1.29, 1.82) is 0 Å². The number of amides is 3. The number of nitrogens with zero attached hydrogens (tertiary/aromatic N) is 2. The molecule has 1 aromatic carbocycles. The third kappa shape index (κ3) is 9.35. The molecule has 3 rings (SSSR count). The number of carbonyl (C=O) groups excluding carboxylic acids is 3. The Morgan fingerprint density at radius 2 is 1.74 bits per heavy atom. The molecule has 1 aliphatic heterocycles. The largest absolute Gasteiger partial charge is 0.479 e. The molecule has 6 atom stereocenters. The molecule has 0 bridgehead atoms. The number of allylic oxidation sites excluding steroid dienone is 3. The number of aliphatic hydroxyl groups is 3. The van der Waals surface area contributed by atoms with Crippen molar-refractivity contribution in [3.63, 3.8) is 0 Å². The minimum absolute atomic E-state index is 0.0144. The maximum atomic E-state index is 13.0. The van der Waals surface area contributed by atoms with Crippen LogP contribution < -0.4 is 10.1 Å². The Balaban J connectivity index is 1.56. The predicted molar refractivity (Wildman–Crippen MR) is 155 cm³/mol. The molecule has 0 spiro atoms. The van der Waals surface area contributed by atoms with E-state index in [0.29, 0.717) is 30.5 Å². The van der Waals surface area contributed by atoms with Gasteiger partial charge in [0.1, 0.15) is 24.1 Å². The molecular formula is C30H41N3O10. The number of hydrogen-bond acceptors (Lipinski definition) is 9. The Hall–Kier alpha value is -3.78. The number of benzene rings is 1. The smallest absolute Gasteiger partial charge is 0.335 e. The van der Waals surface area contributed by atoms with Crippen molar-refractivity contribution < 1.29 is 49.1 Å². The van der Waals surface area contributed by atoms with Gasteiger partial charge < -0.3 is 45.0 Å². The van der Waals surface area contributed by atoms with Crippen LogP contribution in [0.5, 0.6) is 5.75 Å². The Morgan fingerprint density at radius 1 is 1.05 bits per heavy atom. The molecule has 0 aromatic heterocycles. The van der Waals surface area contributed by atoms with Crippen LogP contribution in [0.25, 0.3) is 0 Å². The first-order valence-corrected chi connectivity index (χ1v) is 14.3. The van der Waals surface area contributed by atoms with Crippen molar-refractivity contribution in [3.8, 4) is 5.75 Å². The molecule has 13 heteroatoms. The highest BCUT2D eigenvalue weighted by Gasteiger charge is 2.48. The van der Waals surface area contributed by atoms with Gasteiger partial charge in [-0.2, -0.15) is 0 Å². The van der Waals surface area contributed by atoms with Gasteiger partial charge in [-0.3, -0.25) is 14.4 Å². The van der Waals surface area contributed by atoms with Gasteiger partial charge in [-0.25, -0.2) is 4.79 Å². The van der Waals surface area contributed by atoms with Crippen LogP contribution in [-0.2, 0) is 23.9 Å². The minimum Gasteiger partial charge on any atom is -0.479 e. The summed E-state index contributed by atoms with van der Waals surface area (Å²) in [6, 6.07) is 5.89. The summed E-state index contributed by atoms with van der Waals surface area (Å²) in [4.78, 5) is 52.9. The number of anilines is 1. The van der Waals surface area contributed by atoms with E-state index in [1.54, 1.807) is 13.1 Å². The van der Waals surface area contributed by atoms with Gasteiger partial charge in [0.25, 0.3) is 5.91 Å². The summed E-state index contributed by atoms with van der Waals surface area (Å²) >= 11 is 0. The van der Waals surface area contributed by atoms with E-state index in [4.69, 9.17) is 9.47 Å². The van der Waals surface area contributed by atoms with Gasteiger partial charge in [0.15, 0.2) is 6.10 Å². The van der Waals surface area contributed by atoms with E-state index >= 15 is 0 Å². The summed E-state index contributed by atoms with van der Waals surface area (Å²) in [7, 11) is 1.64. The summed E-state index contributed by atoms with van der Waals surface area (Å²) in [5.74, 6) is -1.79. The second-order valence-corrected chi connectivity index (χ2v) is 10.8. The lowest BCUT2D eigenvalue weighted by molar-refractivity contribution is -0.271. The first kappa shape index (κ1) is 33.7. The van der Waals surface area contributed by atoms with Crippen LogP contribution in [0.2, 0.25) is 0 Å². The van der Waals surface area contributed by atoms with Crippen molar-refractivity contribution >= 4 is 29.4 Å². The number of ether oxygens (including phenoxy) is 2. The summed E-state index contributed by atoms with van der Waals surface area (Å²) < 4.78 is 10.6. The number of carbonyl (C=O) groups is 4. The number of unbranched alkanes of at least 4 members (excludes halogenated alkanes) is 1. The molecule has 43 heavy (non-hydrogen) atoms. The maximum Gasteiger partial charge on any atom is 0.335 e. The van der Waals surface area contributed by atoms with Gasteiger partial charge in [-0.1, -0.05) is 38.5 Å². The van der Waals surface area contributed by atoms with Gasteiger partial charge in [0, 0.05) is 37.7 Å². The fourth-order valence-corrected chi connectivity index (χ4v) is 4.69. The molecule has 13 nitrogen and oxygen atoms in total. The lowest BCUT2D eigenvalue weighted by atomic mass is 9.95. The molecule has 1 heterocycles. The summed E-state index contributed by atoms with van der Waals surface area (Å²) in [5, 5.41) is 41.8. The van der Waals surface area contributed by atoms with E-state index < -0.39 is 36.7 Å². The molecule has 6 unspecified atom stereocenters. The third-order valence-corrected chi connectivity index (χ3v) is 7.19. The molecule has 5 N–H and O–H groups in total. The molecule has 1 aromatic rings. The maximum absolute atomic E-state index is 13.0. The number of carboxylic acids is 1. The number of carboxylic acid groups (broad SMARTS) is 1. The zero-order chi connectivity index (χ0) is 31.7. The van der Waals surface area contributed by atoms with Gasteiger partial charge in [-0.05, 0) is 43.0 Å². The zero-order valence-corrected chi connectivity index (χ0v) is 24.6. The zero-order valence-electron chi connectivity index (χ0n) is 24.6. The summed E-state index contributed by atoms with van der Waals surface area (Å²) in [6.45, 7) is 4.17. The Kier molecular flexibility index (Phi) is 12.2. The van der Waals surface area contributed by atoms with Crippen molar-refractivity contribution in [2.75, 3.05) is 25.6 Å². The highest BCUT2D eigenvalue weighted by atomic mass is 16.7. The quantitative estimate of drug-likeness (QED) is 0.205. The van der Waals surface area contributed by atoms with E-state index in [1.807, 2.05) is 26.0 Å². The number of rotatable bonds is 13. The molecule has 3 amide bonds. The third-order valence-electron chi connectivity index (χ3n) is 7.19. The number of hydrogen-bond donors (Lipinski definition) is 5. The average Bonchev–Trinajstić information content (AvgIpc) is 2.98. The van der Waals surface area contributed by atoms with Gasteiger partial charge in [0.2, 0.25) is 18.1 Å². The molecule has 0 saturated carbocycles. The second kappa shape index (κ2) is 15.6. The van der Waals surface area contributed by atoms with Crippen LogP contribution >= 0.6 is 0 Å². The normalized spacial score (nSPS) is 24.9. The predicted octanol–water partition coefficient (Wildman–Crippen LogP) is 1.24. The van der Waals surface area contributed by atoms with E-state index in [9.17, 15) is 39.6 Å². The molecule has 2 aliphatic rings. The lowest BCUT2D eigenvalue weighted by Crippen LogP contribution is -2.61. The summed E-state index contributed by atoms with van der Waals surface area (Å²) in [5.41, 5.74) is 1.08. The SMILES string of the molecule is CCCCC(=O)N(CCC(=O)Nc1ccc(OC2OC(C(=O)O)C(O)C(O)C2O)cc1)CN(C)C(=O)C1=CC=CC(C)C1. The van der Waals surface area contributed by atoms with Crippen LogP contribution in [-0.4, -0.2) is 105 Å². The van der Waals surface area contributed by atoms with Crippen molar-refractivity contribution in [2.24, 2.45) is 5.92 Å². The Morgan fingerprint density at radius 3 is 2.37 bits per heavy atom. The molecule has 1 fully saturated rings. The molecule has 0 radical (unpaired) electrons. The van der Waals surface area contributed by atoms with Crippen LogP contribution in [0.15, 0.2) is 48.1 Å². The number of likely N-dealkylation sites (N-methyl/N-ethyl adjacent to an activating group) is 1. The van der Waals surface area contributed by atoms with Gasteiger partial charge in [0.05, 0.1) is 6.67 Å². The van der Waals surface area contributed by atoms with E-state index in [-0.39, 0.29) is 49.0 Å². The lowest BCUT2D eigenvalue weighted by Gasteiger charge is -2.38. The van der Waals surface area contributed by atoms with E-state index in [2.05, 4.69) is 5.32 Å². The molecule has 1 aliphatic carbocycles. The van der Waals surface area contributed by atoms with Crippen molar-refractivity contribution in [2.45, 2.75) is 76.7 Å². The van der Waals surface area contributed by atoms with E-state index in [0.717, 1.165) is 6.42 Å². The van der Waals surface area contributed by atoms with Crippen molar-refractivity contribution in [1.82, 2.24) is 9.80 Å². The number of nitrogens with one attached hydrogen (secondary N) is 1. The van der Waals surface area contributed by atoms with Crippen LogP contribution in [0.3, 0.4) is 0 Å². The van der Waals surface area contributed by atoms with Crippen LogP contribution in [0.4, 0.5) is 5.69 Å². The fourth-order valence-electron chi connectivity index (χ4n) is 4.69. The van der Waals surface area contributed by atoms with Gasteiger partial charge in [-0.15, -0.1) is 0 Å². The first-order chi connectivity index (χ1) is 20.4. The van der Waals surface area contributed by atoms with Crippen LogP contribution in [0, 0.1) is 5.92 Å². The van der Waals surface area contributed by atoms with Crippen LogP contribution in [0.1, 0.15) is 46.0 Å². The fraction of sp³-hybridized carbons (Fsp3) is 0.533. The highest BCUT2D eigenvalue weighted by molar-refractivity contribution is 5.94. The summed E-state index contributed by atoms with van der Waals surface area (Å²) in [6.07, 6.45) is -0.563. The number of aliphatic hydroxyl groups excluding tert-OH is 3. The molecule has 236 valence electrons. The monoisotopic (exact) mass is 603 g/mol. The highest BCUT2D eigenvalue weighted by Crippen LogP contribution is 2.26. The topological polar surface area (TPSA) is 186 Å². The number of aliphatic carboxylic acids is 1. The molecular weight excluding hydrogens is 562 g/mol. The second-order valence-electron chi connectivity index (χ2n) is 10.8.